The fourth-order valence-corrected chi connectivity index (χ4v) is 7.26. The van der Waals surface area contributed by atoms with Crippen LogP contribution in [0.25, 0.3) is 22.4 Å². The number of rotatable bonds is 8. The van der Waals surface area contributed by atoms with Crippen LogP contribution in [0.15, 0.2) is 85.1 Å². The fraction of sp³-hybridized carbons (Fsp3) is 0.326. The third kappa shape index (κ3) is 6.70. The second kappa shape index (κ2) is 13.5. The number of ether oxygens (including phenoxy) is 2. The van der Waals surface area contributed by atoms with Crippen molar-refractivity contribution in [2.75, 3.05) is 24.8 Å². The molecule has 5 aromatic rings. The molecule has 3 heterocycles. The highest BCUT2D eigenvalue weighted by molar-refractivity contribution is 5.67. The summed E-state index contributed by atoms with van der Waals surface area (Å²) in [6, 6.07) is 29.6. The molecule has 2 aliphatic rings. The smallest absolute Gasteiger partial charge is 0.231 e. The van der Waals surface area contributed by atoms with Gasteiger partial charge in [0.15, 0.2) is 11.5 Å². The molecule has 48 heavy (non-hydrogen) atoms. The summed E-state index contributed by atoms with van der Waals surface area (Å²) in [5.41, 5.74) is 16.7. The Bertz CT molecular complexity index is 1890. The van der Waals surface area contributed by atoms with E-state index >= 15 is 0 Å². The van der Waals surface area contributed by atoms with Crippen LogP contribution in [0, 0.1) is 41.5 Å². The standard InChI is InChI=1S/C43H47N3O2/c1-28-19-37(20-29(2)32(28)5)36-9-7-34(8-10-36)26-46(40-11-12-42-43(24-40)48-27-47-42)39-14-17-45(18-15-39)25-35-13-16-44-41(23-35)38-21-30(3)33(6)31(4)22-38/h7-13,16,19-24,39H,14-15,17-18,25-27H2,1-6H3. The zero-order valence-electron chi connectivity index (χ0n) is 29.3. The first-order chi connectivity index (χ1) is 23.2. The molecule has 0 bridgehead atoms. The van der Waals surface area contributed by atoms with Gasteiger partial charge in [0.1, 0.15) is 0 Å². The highest BCUT2D eigenvalue weighted by atomic mass is 16.7. The lowest BCUT2D eigenvalue weighted by atomic mass is 9.95. The molecular weight excluding hydrogens is 590 g/mol. The number of nitrogens with zero attached hydrogens (tertiary/aromatic N) is 3. The van der Waals surface area contributed by atoms with Crippen LogP contribution < -0.4 is 14.4 Å². The number of pyridine rings is 1. The Hall–Kier alpha value is -4.61. The quantitative estimate of drug-likeness (QED) is 0.169. The van der Waals surface area contributed by atoms with Gasteiger partial charge < -0.3 is 14.4 Å². The van der Waals surface area contributed by atoms with E-state index in [1.807, 2.05) is 6.20 Å². The summed E-state index contributed by atoms with van der Waals surface area (Å²) in [5, 5.41) is 0. The maximum absolute atomic E-state index is 5.80. The van der Waals surface area contributed by atoms with Crippen LogP contribution in [-0.4, -0.2) is 35.8 Å². The molecule has 246 valence electrons. The number of benzene rings is 4. The molecule has 0 unspecified atom stereocenters. The van der Waals surface area contributed by atoms with Gasteiger partial charge in [-0.05, 0) is 146 Å². The highest BCUT2D eigenvalue weighted by Gasteiger charge is 2.27. The number of piperidine rings is 1. The van der Waals surface area contributed by atoms with E-state index in [4.69, 9.17) is 14.5 Å². The van der Waals surface area contributed by atoms with E-state index in [2.05, 4.69) is 130 Å². The number of fused-ring (bicyclic) bond motifs is 1. The molecule has 0 spiro atoms. The molecule has 1 saturated heterocycles. The Kier molecular flexibility index (Phi) is 8.98. The summed E-state index contributed by atoms with van der Waals surface area (Å²) in [6.07, 6.45) is 4.17. The van der Waals surface area contributed by atoms with Crippen molar-refractivity contribution in [1.82, 2.24) is 9.88 Å². The summed E-state index contributed by atoms with van der Waals surface area (Å²) in [5.74, 6) is 1.66. The molecular formula is C43H47N3O2. The number of hydrogen-bond acceptors (Lipinski definition) is 5. The molecule has 0 saturated carbocycles. The number of aromatic nitrogens is 1. The molecule has 0 aliphatic carbocycles. The first-order valence-electron chi connectivity index (χ1n) is 17.3. The van der Waals surface area contributed by atoms with Crippen LogP contribution in [0.1, 0.15) is 57.3 Å². The van der Waals surface area contributed by atoms with Gasteiger partial charge in [0.05, 0.1) is 5.69 Å². The van der Waals surface area contributed by atoms with Crippen molar-refractivity contribution in [2.24, 2.45) is 0 Å². The monoisotopic (exact) mass is 637 g/mol. The van der Waals surface area contributed by atoms with Gasteiger partial charge in [0.2, 0.25) is 6.79 Å². The third-order valence-corrected chi connectivity index (χ3v) is 10.7. The molecule has 1 aromatic heterocycles. The maximum atomic E-state index is 5.80. The van der Waals surface area contributed by atoms with Gasteiger partial charge in [-0.2, -0.15) is 0 Å². The van der Waals surface area contributed by atoms with Gasteiger partial charge in [-0.25, -0.2) is 0 Å². The van der Waals surface area contributed by atoms with E-state index in [0.29, 0.717) is 6.04 Å². The van der Waals surface area contributed by atoms with E-state index in [1.54, 1.807) is 0 Å². The minimum absolute atomic E-state index is 0.288. The molecule has 1 fully saturated rings. The summed E-state index contributed by atoms with van der Waals surface area (Å²) in [7, 11) is 0. The predicted octanol–water partition coefficient (Wildman–Crippen LogP) is 9.67. The molecule has 0 N–H and O–H groups in total. The Morgan fingerprint density at radius 2 is 1.27 bits per heavy atom. The number of anilines is 1. The van der Waals surface area contributed by atoms with E-state index < -0.39 is 0 Å². The van der Waals surface area contributed by atoms with E-state index in [9.17, 15) is 0 Å². The minimum Gasteiger partial charge on any atom is -0.454 e. The van der Waals surface area contributed by atoms with Crippen molar-refractivity contribution in [2.45, 2.75) is 73.5 Å². The summed E-state index contributed by atoms with van der Waals surface area (Å²) >= 11 is 0. The molecule has 2 aliphatic heterocycles. The van der Waals surface area contributed by atoms with Gasteiger partial charge in [0, 0.05) is 55.7 Å². The molecule has 4 aromatic carbocycles. The highest BCUT2D eigenvalue weighted by Crippen LogP contribution is 2.38. The maximum Gasteiger partial charge on any atom is 0.231 e. The topological polar surface area (TPSA) is 37.8 Å². The average Bonchev–Trinajstić information content (AvgIpc) is 3.57. The normalized spacial score (nSPS) is 14.8. The van der Waals surface area contributed by atoms with Crippen LogP contribution in [0.5, 0.6) is 11.5 Å². The van der Waals surface area contributed by atoms with Crippen molar-refractivity contribution in [1.29, 1.82) is 0 Å². The largest absolute Gasteiger partial charge is 0.454 e. The Labute approximate surface area is 286 Å². The summed E-state index contributed by atoms with van der Waals surface area (Å²) < 4.78 is 11.4. The summed E-state index contributed by atoms with van der Waals surface area (Å²) in [6.45, 7) is 17.4. The lowest BCUT2D eigenvalue weighted by Crippen LogP contribution is -2.44. The molecule has 0 atom stereocenters. The van der Waals surface area contributed by atoms with Crippen LogP contribution in [0.3, 0.4) is 0 Å². The molecule has 5 heteroatoms. The fourth-order valence-electron chi connectivity index (χ4n) is 7.26. The molecule has 5 nitrogen and oxygen atoms in total. The van der Waals surface area contributed by atoms with Crippen molar-refractivity contribution < 1.29 is 9.47 Å². The van der Waals surface area contributed by atoms with Crippen LogP contribution in [0.2, 0.25) is 0 Å². The SMILES string of the molecule is Cc1cc(-c2ccc(CN(c3ccc4c(c3)OCO4)C3CCN(Cc4ccnc(-c5cc(C)c(C)c(C)c5)c4)CC3)cc2)cc(C)c1C. The van der Waals surface area contributed by atoms with Crippen molar-refractivity contribution in [3.63, 3.8) is 0 Å². The lowest BCUT2D eigenvalue weighted by molar-refractivity contribution is 0.174. The minimum atomic E-state index is 0.288. The first-order valence-corrected chi connectivity index (χ1v) is 17.3. The van der Waals surface area contributed by atoms with Gasteiger partial charge in [0.25, 0.3) is 0 Å². The third-order valence-electron chi connectivity index (χ3n) is 10.7. The van der Waals surface area contributed by atoms with Crippen LogP contribution in [0.4, 0.5) is 5.69 Å². The lowest BCUT2D eigenvalue weighted by Gasteiger charge is -2.40. The van der Waals surface area contributed by atoms with Gasteiger partial charge in [-0.15, -0.1) is 0 Å². The van der Waals surface area contributed by atoms with Crippen molar-refractivity contribution in [3.05, 3.63) is 130 Å². The van der Waals surface area contributed by atoms with E-state index in [-0.39, 0.29) is 6.79 Å². The number of likely N-dealkylation sites (tertiary alicyclic amines) is 1. The second-order valence-corrected chi connectivity index (χ2v) is 13.9. The van der Waals surface area contributed by atoms with Gasteiger partial charge in [-0.3, -0.25) is 9.88 Å². The molecule has 0 amide bonds. The molecule has 0 radical (unpaired) electrons. The van der Waals surface area contributed by atoms with Gasteiger partial charge >= 0.3 is 0 Å². The van der Waals surface area contributed by atoms with Crippen LogP contribution >= 0.6 is 0 Å². The zero-order valence-corrected chi connectivity index (χ0v) is 29.3. The Morgan fingerprint density at radius 1 is 0.646 bits per heavy atom. The van der Waals surface area contributed by atoms with Crippen molar-refractivity contribution >= 4 is 5.69 Å². The van der Waals surface area contributed by atoms with Crippen LogP contribution in [-0.2, 0) is 13.1 Å². The predicted molar refractivity (Wildman–Crippen MR) is 197 cm³/mol. The summed E-state index contributed by atoms with van der Waals surface area (Å²) in [4.78, 5) is 9.92. The van der Waals surface area contributed by atoms with Crippen molar-refractivity contribution in [3.8, 4) is 33.9 Å². The Balaban J connectivity index is 1.07. The second-order valence-electron chi connectivity index (χ2n) is 13.9. The first kappa shape index (κ1) is 32.0. The van der Waals surface area contributed by atoms with E-state index in [1.165, 1.54) is 66.9 Å². The Morgan fingerprint density at radius 3 is 1.94 bits per heavy atom. The zero-order chi connectivity index (χ0) is 33.4. The van der Waals surface area contributed by atoms with E-state index in [0.717, 1.165) is 56.2 Å². The number of hydrogen-bond donors (Lipinski definition) is 0. The number of aryl methyl sites for hydroxylation is 4. The van der Waals surface area contributed by atoms with Gasteiger partial charge in [-0.1, -0.05) is 36.4 Å². The molecule has 7 rings (SSSR count). The average molecular weight is 638 g/mol.